The number of hydrogen-bond donors (Lipinski definition) is 1. The van der Waals surface area contributed by atoms with Crippen LogP contribution in [0.15, 0.2) is 36.4 Å². The van der Waals surface area contributed by atoms with E-state index in [1.54, 1.807) is 12.1 Å². The molecule has 20 heavy (non-hydrogen) atoms. The average molecular weight is 269 g/mol. The van der Waals surface area contributed by atoms with E-state index in [-0.39, 0.29) is 17.7 Å². The van der Waals surface area contributed by atoms with Gasteiger partial charge in [0.2, 0.25) is 0 Å². The molecule has 0 radical (unpaired) electrons. The number of rotatable bonds is 3. The molecule has 0 amide bonds. The van der Waals surface area contributed by atoms with Crippen LogP contribution < -0.4 is 5.32 Å². The summed E-state index contributed by atoms with van der Waals surface area (Å²) in [4.78, 5) is 0. The minimum atomic E-state index is -0.627. The van der Waals surface area contributed by atoms with Crippen molar-refractivity contribution in [3.8, 4) is 12.1 Å². The Bertz CT molecular complexity index is 727. The molecule has 0 aromatic heterocycles. The SMILES string of the molecule is N#Cc1ccc(CNc2cccc(F)c2C#N)c(F)c1. The third kappa shape index (κ3) is 2.73. The first-order chi connectivity index (χ1) is 9.65. The van der Waals surface area contributed by atoms with Crippen LogP contribution in [-0.2, 0) is 6.54 Å². The molecule has 1 N–H and O–H groups in total. The van der Waals surface area contributed by atoms with Gasteiger partial charge in [-0.3, -0.25) is 0 Å². The maximum atomic E-state index is 13.7. The van der Waals surface area contributed by atoms with Crippen LogP contribution in [0.5, 0.6) is 0 Å². The third-order valence-electron chi connectivity index (χ3n) is 2.78. The molecule has 0 saturated heterocycles. The molecule has 2 rings (SSSR count). The summed E-state index contributed by atoms with van der Waals surface area (Å²) in [6.45, 7) is 0.0929. The number of benzene rings is 2. The molecule has 0 unspecified atom stereocenters. The predicted octanol–water partition coefficient (Wildman–Crippen LogP) is 3.32. The van der Waals surface area contributed by atoms with Gasteiger partial charge < -0.3 is 5.32 Å². The van der Waals surface area contributed by atoms with Crippen molar-refractivity contribution in [3.63, 3.8) is 0 Å². The summed E-state index contributed by atoms with van der Waals surface area (Å²) in [5, 5.41) is 20.3. The minimum Gasteiger partial charge on any atom is -0.380 e. The van der Waals surface area contributed by atoms with Crippen molar-refractivity contribution in [1.82, 2.24) is 0 Å². The van der Waals surface area contributed by atoms with Gasteiger partial charge in [-0.15, -0.1) is 0 Å². The van der Waals surface area contributed by atoms with Crippen molar-refractivity contribution < 1.29 is 8.78 Å². The average Bonchev–Trinajstić information content (AvgIpc) is 2.46. The molecule has 2 aromatic carbocycles. The fourth-order valence-corrected chi connectivity index (χ4v) is 1.74. The van der Waals surface area contributed by atoms with Crippen LogP contribution in [0.3, 0.4) is 0 Å². The summed E-state index contributed by atoms with van der Waals surface area (Å²) in [6.07, 6.45) is 0. The smallest absolute Gasteiger partial charge is 0.143 e. The Hall–Kier alpha value is -2.92. The molecular formula is C15H9F2N3. The zero-order valence-electron chi connectivity index (χ0n) is 10.3. The number of hydrogen-bond acceptors (Lipinski definition) is 3. The van der Waals surface area contributed by atoms with Crippen LogP contribution in [0.4, 0.5) is 14.5 Å². The van der Waals surface area contributed by atoms with Gasteiger partial charge in [0.25, 0.3) is 0 Å². The maximum absolute atomic E-state index is 13.7. The number of nitrogens with zero attached hydrogens (tertiary/aromatic N) is 2. The largest absolute Gasteiger partial charge is 0.380 e. The van der Waals surface area contributed by atoms with Gasteiger partial charge in [-0.05, 0) is 24.3 Å². The third-order valence-corrected chi connectivity index (χ3v) is 2.78. The summed E-state index contributed by atoms with van der Waals surface area (Å²) in [7, 11) is 0. The Kier molecular flexibility index (Phi) is 3.93. The van der Waals surface area contributed by atoms with Crippen LogP contribution in [0.25, 0.3) is 0 Å². The summed E-state index contributed by atoms with van der Waals surface area (Å²) >= 11 is 0. The summed E-state index contributed by atoms with van der Waals surface area (Å²) in [5.41, 5.74) is 0.754. The summed E-state index contributed by atoms with van der Waals surface area (Å²) in [6, 6.07) is 11.9. The highest BCUT2D eigenvalue weighted by atomic mass is 19.1. The van der Waals surface area contributed by atoms with Gasteiger partial charge in [-0.25, -0.2) is 8.78 Å². The van der Waals surface area contributed by atoms with Gasteiger partial charge >= 0.3 is 0 Å². The Morgan fingerprint density at radius 1 is 1.00 bits per heavy atom. The lowest BCUT2D eigenvalue weighted by Crippen LogP contribution is -2.04. The predicted molar refractivity (Wildman–Crippen MR) is 69.6 cm³/mol. The zero-order chi connectivity index (χ0) is 14.5. The van der Waals surface area contributed by atoms with Gasteiger partial charge in [-0.2, -0.15) is 10.5 Å². The van der Waals surface area contributed by atoms with Crippen molar-refractivity contribution in [2.75, 3.05) is 5.32 Å². The number of nitriles is 2. The van der Waals surface area contributed by atoms with Crippen molar-refractivity contribution in [2.24, 2.45) is 0 Å². The number of nitrogens with one attached hydrogen (secondary N) is 1. The van der Waals surface area contributed by atoms with E-state index in [4.69, 9.17) is 10.5 Å². The first kappa shape index (κ1) is 13.5. The van der Waals surface area contributed by atoms with Crippen LogP contribution in [0.2, 0.25) is 0 Å². The number of halogens is 2. The van der Waals surface area contributed by atoms with Crippen molar-refractivity contribution in [3.05, 3.63) is 64.7 Å². The van der Waals surface area contributed by atoms with Crippen molar-refractivity contribution >= 4 is 5.69 Å². The second kappa shape index (κ2) is 5.81. The molecule has 98 valence electrons. The highest BCUT2D eigenvalue weighted by Gasteiger charge is 2.09. The Morgan fingerprint density at radius 3 is 2.45 bits per heavy atom. The van der Waals surface area contributed by atoms with Gasteiger partial charge in [-0.1, -0.05) is 12.1 Å². The molecule has 0 aliphatic carbocycles. The van der Waals surface area contributed by atoms with E-state index in [1.165, 1.54) is 24.3 Å². The van der Waals surface area contributed by atoms with Crippen molar-refractivity contribution in [2.45, 2.75) is 6.54 Å². The standard InChI is InChI=1S/C15H9F2N3/c16-13-2-1-3-15(12(13)8-19)20-9-11-5-4-10(7-18)6-14(11)17/h1-6,20H,9H2. The summed E-state index contributed by atoms with van der Waals surface area (Å²) < 4.78 is 27.1. The summed E-state index contributed by atoms with van der Waals surface area (Å²) in [5.74, 6) is -1.15. The van der Waals surface area contributed by atoms with E-state index in [2.05, 4.69) is 5.32 Å². The molecule has 3 nitrogen and oxygen atoms in total. The molecule has 0 bridgehead atoms. The topological polar surface area (TPSA) is 59.6 Å². The lowest BCUT2D eigenvalue weighted by Gasteiger charge is -2.09. The molecule has 0 heterocycles. The van der Waals surface area contributed by atoms with E-state index in [1.807, 2.05) is 6.07 Å². The second-order valence-corrected chi connectivity index (χ2v) is 4.05. The fraction of sp³-hybridized carbons (Fsp3) is 0.0667. The molecule has 0 aliphatic heterocycles. The molecule has 0 spiro atoms. The molecule has 2 aromatic rings. The van der Waals surface area contributed by atoms with Gasteiger partial charge in [0.05, 0.1) is 17.3 Å². The van der Waals surface area contributed by atoms with E-state index < -0.39 is 11.6 Å². The zero-order valence-corrected chi connectivity index (χ0v) is 10.3. The quantitative estimate of drug-likeness (QED) is 0.929. The maximum Gasteiger partial charge on any atom is 0.143 e. The van der Waals surface area contributed by atoms with E-state index >= 15 is 0 Å². The molecule has 0 atom stereocenters. The van der Waals surface area contributed by atoms with E-state index in [0.29, 0.717) is 11.3 Å². The van der Waals surface area contributed by atoms with Gasteiger partial charge in [0, 0.05) is 12.1 Å². The highest BCUT2D eigenvalue weighted by molar-refractivity contribution is 5.58. The van der Waals surface area contributed by atoms with E-state index in [0.717, 1.165) is 6.07 Å². The molecule has 5 heteroatoms. The molecule has 0 saturated carbocycles. The molecule has 0 fully saturated rings. The van der Waals surface area contributed by atoms with Crippen LogP contribution in [-0.4, -0.2) is 0 Å². The molecule has 0 aliphatic rings. The van der Waals surface area contributed by atoms with Crippen molar-refractivity contribution in [1.29, 1.82) is 10.5 Å². The number of anilines is 1. The minimum absolute atomic E-state index is 0.0929. The normalized spacial score (nSPS) is 9.60. The lowest BCUT2D eigenvalue weighted by molar-refractivity contribution is 0.612. The second-order valence-electron chi connectivity index (χ2n) is 4.05. The van der Waals surface area contributed by atoms with Gasteiger partial charge in [0.15, 0.2) is 0 Å². The lowest BCUT2D eigenvalue weighted by atomic mass is 10.1. The Balaban J connectivity index is 2.20. The Labute approximate surface area is 114 Å². The van der Waals surface area contributed by atoms with Crippen LogP contribution in [0.1, 0.15) is 16.7 Å². The van der Waals surface area contributed by atoms with E-state index in [9.17, 15) is 8.78 Å². The highest BCUT2D eigenvalue weighted by Crippen LogP contribution is 2.19. The van der Waals surface area contributed by atoms with Crippen LogP contribution in [0, 0.1) is 34.3 Å². The monoisotopic (exact) mass is 269 g/mol. The van der Waals surface area contributed by atoms with Crippen LogP contribution >= 0.6 is 0 Å². The first-order valence-corrected chi connectivity index (χ1v) is 5.76. The fourth-order valence-electron chi connectivity index (χ4n) is 1.74. The molecular weight excluding hydrogens is 260 g/mol. The first-order valence-electron chi connectivity index (χ1n) is 5.76. The Morgan fingerprint density at radius 2 is 1.80 bits per heavy atom. The van der Waals surface area contributed by atoms with Gasteiger partial charge in [0.1, 0.15) is 23.3 Å².